The smallest absolute Gasteiger partial charge is 0.223 e. The predicted octanol–water partition coefficient (Wildman–Crippen LogP) is 5.31. The maximum absolute atomic E-state index is 13.3. The summed E-state index contributed by atoms with van der Waals surface area (Å²) in [6.07, 6.45) is 1.70. The molecule has 1 N–H and O–H groups in total. The van der Waals surface area contributed by atoms with Crippen LogP contribution in [0.5, 0.6) is 0 Å². The largest absolute Gasteiger partial charge is 0.375 e. The van der Waals surface area contributed by atoms with Gasteiger partial charge in [-0.1, -0.05) is 48.5 Å². The number of rotatable bonds is 5. The number of nitrogens with zero attached hydrogens (tertiary/aromatic N) is 1. The van der Waals surface area contributed by atoms with Crippen molar-refractivity contribution >= 4 is 40.3 Å². The van der Waals surface area contributed by atoms with Gasteiger partial charge in [0.15, 0.2) is 0 Å². The second-order valence-corrected chi connectivity index (χ2v) is 11.5. The van der Waals surface area contributed by atoms with Crippen molar-refractivity contribution in [3.05, 3.63) is 71.4 Å². The van der Waals surface area contributed by atoms with Gasteiger partial charge in [-0.15, -0.1) is 23.5 Å². The monoisotopic (exact) mass is 450 g/mol. The van der Waals surface area contributed by atoms with E-state index in [1.54, 1.807) is 0 Å². The summed E-state index contributed by atoms with van der Waals surface area (Å²) < 4.78 is 5.96. The Balaban J connectivity index is 1.30. The lowest BCUT2D eigenvalue weighted by Gasteiger charge is -2.50. The van der Waals surface area contributed by atoms with Gasteiger partial charge in [-0.3, -0.25) is 4.79 Å². The number of hydrogen-bond acceptors (Lipinski definition) is 4. The molecule has 0 radical (unpaired) electrons. The van der Waals surface area contributed by atoms with Crippen LogP contribution in [0.1, 0.15) is 35.7 Å². The van der Waals surface area contributed by atoms with E-state index >= 15 is 0 Å². The quantitative estimate of drug-likeness (QED) is 0.535. The molecule has 3 heterocycles. The summed E-state index contributed by atoms with van der Waals surface area (Å²) in [7, 11) is 0. The van der Waals surface area contributed by atoms with Crippen LogP contribution in [0.2, 0.25) is 0 Å². The van der Waals surface area contributed by atoms with Gasteiger partial charge in [0.25, 0.3) is 0 Å². The van der Waals surface area contributed by atoms with Gasteiger partial charge in [-0.25, -0.2) is 0 Å². The zero-order valence-electron chi connectivity index (χ0n) is 17.4. The first-order valence-corrected chi connectivity index (χ1v) is 13.0. The second kappa shape index (κ2) is 7.91. The second-order valence-electron chi connectivity index (χ2n) is 8.60. The van der Waals surface area contributed by atoms with Crippen molar-refractivity contribution in [2.45, 2.75) is 29.6 Å². The number of benzene rings is 2. The fourth-order valence-electron chi connectivity index (χ4n) is 5.55. The Bertz CT molecular complexity index is 1110. The predicted molar refractivity (Wildman–Crippen MR) is 128 cm³/mol. The Kier molecular flexibility index (Phi) is 5.04. The van der Waals surface area contributed by atoms with Crippen LogP contribution < -0.4 is 0 Å². The number of likely N-dealkylation sites (tertiary alicyclic amines) is 1. The summed E-state index contributed by atoms with van der Waals surface area (Å²) in [6, 6.07) is 19.0. The third-order valence-electron chi connectivity index (χ3n) is 6.90. The zero-order valence-corrected chi connectivity index (χ0v) is 19.0. The van der Waals surface area contributed by atoms with Crippen molar-refractivity contribution in [2.75, 3.05) is 24.7 Å². The van der Waals surface area contributed by atoms with Gasteiger partial charge < -0.3 is 14.6 Å². The van der Waals surface area contributed by atoms with Crippen molar-refractivity contribution in [3.63, 3.8) is 0 Å². The van der Waals surface area contributed by atoms with Crippen LogP contribution in [0.25, 0.3) is 10.9 Å². The molecule has 160 valence electrons. The van der Waals surface area contributed by atoms with Crippen LogP contribution in [0.15, 0.2) is 54.6 Å². The van der Waals surface area contributed by atoms with E-state index in [-0.39, 0.29) is 16.0 Å². The van der Waals surface area contributed by atoms with E-state index in [1.165, 1.54) is 27.7 Å². The molecule has 3 aliphatic rings. The number of amides is 1. The number of hydrogen-bond donors (Lipinski definition) is 1. The van der Waals surface area contributed by atoms with E-state index in [4.69, 9.17) is 4.74 Å². The third kappa shape index (κ3) is 3.22. The van der Waals surface area contributed by atoms with Gasteiger partial charge in [0.1, 0.15) is 4.08 Å². The minimum Gasteiger partial charge on any atom is -0.375 e. The molecule has 2 atom stereocenters. The Hall–Kier alpha value is -1.89. The molecular weight excluding hydrogens is 424 g/mol. The summed E-state index contributed by atoms with van der Waals surface area (Å²) >= 11 is 4.10. The molecule has 6 rings (SSSR count). The van der Waals surface area contributed by atoms with Crippen molar-refractivity contribution in [2.24, 2.45) is 5.92 Å². The molecule has 31 heavy (non-hydrogen) atoms. The van der Waals surface area contributed by atoms with Crippen molar-refractivity contribution in [1.29, 1.82) is 0 Å². The Morgan fingerprint density at radius 1 is 1.06 bits per heavy atom. The van der Waals surface area contributed by atoms with E-state index in [0.717, 1.165) is 17.9 Å². The highest BCUT2D eigenvalue weighted by molar-refractivity contribution is 8.20. The molecule has 4 nitrogen and oxygen atoms in total. The van der Waals surface area contributed by atoms with Crippen LogP contribution in [-0.4, -0.2) is 40.4 Å². The molecule has 2 fully saturated rings. The molecule has 1 aromatic heterocycles. The van der Waals surface area contributed by atoms with E-state index in [1.807, 2.05) is 18.2 Å². The first-order valence-electron chi connectivity index (χ1n) is 11.1. The van der Waals surface area contributed by atoms with Crippen LogP contribution in [0.4, 0.5) is 0 Å². The van der Waals surface area contributed by atoms with E-state index in [9.17, 15) is 4.79 Å². The molecular formula is C25H26N2O2S2. The van der Waals surface area contributed by atoms with Crippen LogP contribution in [-0.2, 0) is 20.2 Å². The summed E-state index contributed by atoms with van der Waals surface area (Å²) in [5.74, 6) is 3.00. The van der Waals surface area contributed by atoms with E-state index < -0.39 is 0 Å². The number of thioether (sulfide) groups is 2. The summed E-state index contributed by atoms with van der Waals surface area (Å²) in [6.45, 7) is 1.80. The number of nitrogens with one attached hydrogen (secondary N) is 1. The number of ether oxygens (including phenoxy) is 1. The Labute approximate surface area is 191 Å². The first kappa shape index (κ1) is 19.8. The van der Waals surface area contributed by atoms with E-state index in [2.05, 4.69) is 69.8 Å². The molecule has 0 unspecified atom stereocenters. The molecule has 3 aromatic rings. The normalized spacial score (nSPS) is 24.1. The molecule has 2 bridgehead atoms. The number of fused-ring (bicyclic) bond motifs is 8. The van der Waals surface area contributed by atoms with E-state index in [0.29, 0.717) is 32.1 Å². The van der Waals surface area contributed by atoms with Crippen molar-refractivity contribution in [1.82, 2.24) is 9.88 Å². The van der Waals surface area contributed by atoms with Crippen LogP contribution >= 0.6 is 23.5 Å². The van der Waals surface area contributed by atoms with Crippen LogP contribution in [0, 0.1) is 5.92 Å². The first-order chi connectivity index (χ1) is 15.3. The highest BCUT2D eigenvalue weighted by Crippen LogP contribution is 2.65. The molecule has 6 heteroatoms. The number of para-hydroxylation sites is 1. The standard InChI is InChI=1S/C25H26N2O2S2/c28-22-15-18-14-21(27(22)10-11-29-16-17-6-2-1-3-7-17)23-19-8-4-5-9-20(19)26-24(23)25(18)30-12-13-31-25/h1-9,18,21,26H,10-16H2/t18-,21-/m0/s1. The molecule has 0 saturated carbocycles. The van der Waals surface area contributed by atoms with Gasteiger partial charge >= 0.3 is 0 Å². The minimum absolute atomic E-state index is 0.0103. The summed E-state index contributed by atoms with van der Waals surface area (Å²) in [5.41, 5.74) is 5.08. The maximum atomic E-state index is 13.3. The fourth-order valence-corrected chi connectivity index (χ4v) is 9.10. The van der Waals surface area contributed by atoms with Crippen molar-refractivity contribution in [3.8, 4) is 0 Å². The van der Waals surface area contributed by atoms with Crippen molar-refractivity contribution < 1.29 is 9.53 Å². The number of carbonyl (C=O) groups is 1. The zero-order chi connectivity index (χ0) is 20.8. The molecule has 1 aliphatic carbocycles. The average molecular weight is 451 g/mol. The minimum atomic E-state index is 0.0103. The SMILES string of the molecule is O=C1C[C@@H]2C[C@@H](c3c([nH]c4ccccc34)C23SCCS3)N1CCOCc1ccccc1. The van der Waals surface area contributed by atoms with Gasteiger partial charge in [0.2, 0.25) is 5.91 Å². The molecule has 1 amide bonds. The Morgan fingerprint density at radius 3 is 2.68 bits per heavy atom. The highest BCUT2D eigenvalue weighted by atomic mass is 32.2. The van der Waals surface area contributed by atoms with Gasteiger partial charge in [0, 0.05) is 46.6 Å². The number of aromatic nitrogens is 1. The lowest BCUT2D eigenvalue weighted by molar-refractivity contribution is -0.140. The number of H-pyrrole nitrogens is 1. The number of carbonyl (C=O) groups excluding carboxylic acids is 1. The fraction of sp³-hybridized carbons (Fsp3) is 0.400. The number of piperidine rings is 1. The third-order valence-corrected chi connectivity index (χ3v) is 10.6. The topological polar surface area (TPSA) is 45.3 Å². The maximum Gasteiger partial charge on any atom is 0.223 e. The lowest BCUT2D eigenvalue weighted by Crippen LogP contribution is -2.50. The molecule has 2 aromatic carbocycles. The van der Waals surface area contributed by atoms with Crippen LogP contribution in [0.3, 0.4) is 0 Å². The summed E-state index contributed by atoms with van der Waals surface area (Å²) in [5, 5.41) is 1.28. The molecule has 2 saturated heterocycles. The van der Waals surface area contributed by atoms with Gasteiger partial charge in [-0.2, -0.15) is 0 Å². The molecule has 1 spiro atoms. The Morgan fingerprint density at radius 2 is 1.84 bits per heavy atom. The highest BCUT2D eigenvalue weighted by Gasteiger charge is 2.56. The van der Waals surface area contributed by atoms with Gasteiger partial charge in [-0.05, 0) is 24.0 Å². The van der Waals surface area contributed by atoms with Gasteiger partial charge in [0.05, 0.1) is 19.3 Å². The lowest BCUT2D eigenvalue weighted by atomic mass is 9.76. The summed E-state index contributed by atoms with van der Waals surface area (Å²) in [4.78, 5) is 19.2. The average Bonchev–Trinajstić information content (AvgIpc) is 3.43. The number of aromatic amines is 1. The molecule has 2 aliphatic heterocycles.